The van der Waals surface area contributed by atoms with Gasteiger partial charge < -0.3 is 37.1 Å². The van der Waals surface area contributed by atoms with Gasteiger partial charge in [-0.2, -0.15) is 0 Å². The van der Waals surface area contributed by atoms with Crippen LogP contribution in [0.1, 0.15) is 98.3 Å². The molecular weight excluding hydrogens is 694 g/mol. The lowest BCUT2D eigenvalue weighted by Crippen LogP contribution is -2.57. The van der Waals surface area contributed by atoms with Crippen molar-refractivity contribution in [3.05, 3.63) is 12.2 Å². The third-order valence-corrected chi connectivity index (χ3v) is 8.11. The molecule has 3 atom stereocenters. The highest BCUT2D eigenvalue weighted by Gasteiger charge is 2.31. The van der Waals surface area contributed by atoms with Crippen molar-refractivity contribution in [2.45, 2.75) is 116 Å². The van der Waals surface area contributed by atoms with Gasteiger partial charge in [0.05, 0.1) is 0 Å². The second-order valence-corrected chi connectivity index (χ2v) is 13.2. The Morgan fingerprint density at radius 1 is 0.642 bits per heavy atom. The molecule has 1 heterocycles. The number of nitrogens with zero attached hydrogens (tertiary/aromatic N) is 1. The molecule has 1 unspecified atom stereocenters. The average Bonchev–Trinajstić information content (AvgIpc) is 3.39. The Morgan fingerprint density at radius 2 is 1.17 bits per heavy atom. The lowest BCUT2D eigenvalue weighted by Gasteiger charge is -2.27. The fraction of sp³-hybridized carbons (Fsp3) is 0.629. The summed E-state index contributed by atoms with van der Waals surface area (Å²) in [6, 6.07) is -3.32. The first-order valence-corrected chi connectivity index (χ1v) is 17.7. The Kier molecular flexibility index (Phi) is 20.7. The molecule has 8 amide bonds. The van der Waals surface area contributed by atoms with Crippen LogP contribution in [0.2, 0.25) is 0 Å². The first-order valence-electron chi connectivity index (χ1n) is 17.7. The summed E-state index contributed by atoms with van der Waals surface area (Å²) < 4.78 is 0. The quantitative estimate of drug-likeness (QED) is 0.0457. The van der Waals surface area contributed by atoms with Crippen molar-refractivity contribution >= 4 is 64.6 Å². The molecule has 1 rings (SSSR count). The van der Waals surface area contributed by atoms with E-state index in [2.05, 4.69) is 26.6 Å². The van der Waals surface area contributed by atoms with Gasteiger partial charge in [0.1, 0.15) is 41.8 Å². The van der Waals surface area contributed by atoms with Crippen molar-refractivity contribution in [2.75, 3.05) is 19.6 Å². The highest BCUT2D eigenvalue weighted by Crippen LogP contribution is 2.09. The summed E-state index contributed by atoms with van der Waals surface area (Å²) >= 11 is 0. The number of nitrogens with one attached hydrogen (secondary N) is 5. The van der Waals surface area contributed by atoms with Gasteiger partial charge in [0.2, 0.25) is 23.6 Å². The number of carbonyl (C=O) groups is 11. The monoisotopic (exact) mass is 747 g/mol. The maximum absolute atomic E-state index is 13.5. The van der Waals surface area contributed by atoms with Gasteiger partial charge in [-0.15, -0.1) is 0 Å². The summed E-state index contributed by atoms with van der Waals surface area (Å²) in [5.41, 5.74) is 5.05. The van der Waals surface area contributed by atoms with Gasteiger partial charge in [0, 0.05) is 82.6 Å². The van der Waals surface area contributed by atoms with E-state index in [1.165, 1.54) is 6.92 Å². The van der Waals surface area contributed by atoms with Crippen LogP contribution in [-0.4, -0.2) is 107 Å². The molecule has 0 aliphatic carbocycles. The molecule has 53 heavy (non-hydrogen) atoms. The molecule has 0 bridgehead atoms. The second kappa shape index (κ2) is 24.0. The molecule has 0 aromatic rings. The molecule has 0 spiro atoms. The maximum Gasteiger partial charge on any atom is 0.312 e. The molecule has 18 nitrogen and oxygen atoms in total. The Hall–Kier alpha value is -5.29. The average molecular weight is 748 g/mol. The standard InChI is InChI=1S/C35H53N7O11/c1-21(2)32(34(52)39-22(3)6-5-18-38-35(36)53)41-33(51)27(40-29(48)20-42-30(49)15-16-31(42)50)17-19-37-28(47)14-13-26(46)12-11-25(45)10-9-24(44)8-7-23(4)43/h15-16,21-22,27,32H,5-14,17-20H2,1-4H3,(H,37,47)(H,39,52)(H,40,48)(H,41,51)(H3,36,38,53)/t22?,27-,32-/m0/s1. The minimum atomic E-state index is -1.31. The highest BCUT2D eigenvalue weighted by atomic mass is 16.2. The number of imide groups is 1. The third kappa shape index (κ3) is 19.8. The van der Waals surface area contributed by atoms with E-state index in [9.17, 15) is 52.7 Å². The van der Waals surface area contributed by atoms with Gasteiger partial charge >= 0.3 is 6.03 Å². The number of amides is 8. The molecule has 18 heteroatoms. The fourth-order valence-corrected chi connectivity index (χ4v) is 5.00. The van der Waals surface area contributed by atoms with Gasteiger partial charge in [-0.1, -0.05) is 13.8 Å². The normalized spacial score (nSPS) is 13.9. The molecule has 0 aromatic heterocycles. The molecule has 0 saturated carbocycles. The predicted octanol–water partition coefficient (Wildman–Crippen LogP) is -0.586. The van der Waals surface area contributed by atoms with Crippen LogP contribution in [0.5, 0.6) is 0 Å². The van der Waals surface area contributed by atoms with Gasteiger partial charge in [-0.05, 0) is 39.0 Å². The molecule has 7 N–H and O–H groups in total. The molecule has 1 aliphatic rings. The van der Waals surface area contributed by atoms with Crippen LogP contribution in [0.15, 0.2) is 12.2 Å². The first-order chi connectivity index (χ1) is 24.9. The molecule has 0 saturated heterocycles. The van der Waals surface area contributed by atoms with E-state index < -0.39 is 66.0 Å². The number of urea groups is 1. The summed E-state index contributed by atoms with van der Waals surface area (Å²) in [4.78, 5) is 134. The van der Waals surface area contributed by atoms with E-state index in [-0.39, 0.29) is 93.5 Å². The Morgan fingerprint density at radius 3 is 1.68 bits per heavy atom. The van der Waals surface area contributed by atoms with Crippen LogP contribution < -0.4 is 32.3 Å². The van der Waals surface area contributed by atoms with E-state index in [0.717, 1.165) is 12.2 Å². The number of nitrogens with two attached hydrogens (primary N) is 1. The van der Waals surface area contributed by atoms with E-state index in [1.807, 2.05) is 0 Å². The zero-order valence-corrected chi connectivity index (χ0v) is 30.9. The number of hydrogen-bond acceptors (Lipinski definition) is 11. The number of ketones is 4. The van der Waals surface area contributed by atoms with E-state index in [4.69, 9.17) is 5.73 Å². The molecule has 0 aromatic carbocycles. The maximum atomic E-state index is 13.5. The zero-order chi connectivity index (χ0) is 40.1. The lowest BCUT2D eigenvalue weighted by molar-refractivity contribution is -0.141. The smallest absolute Gasteiger partial charge is 0.312 e. The molecule has 1 aliphatic heterocycles. The van der Waals surface area contributed by atoms with Crippen LogP contribution in [0.25, 0.3) is 0 Å². The van der Waals surface area contributed by atoms with Crippen molar-refractivity contribution in [2.24, 2.45) is 11.7 Å². The lowest BCUT2D eigenvalue weighted by atomic mass is 10.0. The SMILES string of the molecule is CC(=O)CCC(=O)CCC(=O)CCC(=O)CCC(=O)NCC[C@H](NC(=O)CN1C(=O)C=CC1=O)C(=O)N[C@H](C(=O)NC(C)CCCNC(N)=O)C(C)C. The van der Waals surface area contributed by atoms with Gasteiger partial charge in [0.15, 0.2) is 0 Å². The highest BCUT2D eigenvalue weighted by molar-refractivity contribution is 6.14. The summed E-state index contributed by atoms with van der Waals surface area (Å²) in [5, 5.41) is 12.9. The van der Waals surface area contributed by atoms with Crippen LogP contribution in [0.3, 0.4) is 0 Å². The zero-order valence-electron chi connectivity index (χ0n) is 30.9. The summed E-state index contributed by atoms with van der Waals surface area (Å²) in [7, 11) is 0. The van der Waals surface area contributed by atoms with Crippen molar-refractivity contribution in [3.63, 3.8) is 0 Å². The predicted molar refractivity (Wildman–Crippen MR) is 189 cm³/mol. The van der Waals surface area contributed by atoms with Gasteiger partial charge in [-0.3, -0.25) is 48.1 Å². The number of rotatable bonds is 27. The van der Waals surface area contributed by atoms with Crippen LogP contribution in [0, 0.1) is 5.92 Å². The van der Waals surface area contributed by atoms with Crippen molar-refractivity contribution in [3.8, 4) is 0 Å². The minimum Gasteiger partial charge on any atom is -0.356 e. The Balaban J connectivity index is 2.74. The van der Waals surface area contributed by atoms with Crippen LogP contribution in [-0.2, 0) is 47.9 Å². The molecule has 0 fully saturated rings. The third-order valence-electron chi connectivity index (χ3n) is 8.11. The summed E-state index contributed by atoms with van der Waals surface area (Å²) in [6.45, 7) is 6.04. The van der Waals surface area contributed by atoms with Crippen molar-refractivity contribution < 1.29 is 52.7 Å². The van der Waals surface area contributed by atoms with Crippen LogP contribution in [0.4, 0.5) is 4.79 Å². The number of Topliss-reactive ketones (excluding diaryl/α,β-unsaturated/α-hetero) is 4. The number of hydrogen-bond donors (Lipinski definition) is 6. The van der Waals surface area contributed by atoms with Crippen molar-refractivity contribution in [1.82, 2.24) is 31.5 Å². The van der Waals surface area contributed by atoms with Gasteiger partial charge in [-0.25, -0.2) is 4.79 Å². The number of primary amides is 1. The summed E-state index contributed by atoms with van der Waals surface area (Å²) in [6.07, 6.45) is 2.49. The molecule has 294 valence electrons. The van der Waals surface area contributed by atoms with E-state index in [1.54, 1.807) is 20.8 Å². The topological polar surface area (TPSA) is 277 Å². The minimum absolute atomic E-state index is 0.00266. The largest absolute Gasteiger partial charge is 0.356 e. The second-order valence-electron chi connectivity index (χ2n) is 13.2. The fourth-order valence-electron chi connectivity index (χ4n) is 5.00. The molecule has 0 radical (unpaired) electrons. The van der Waals surface area contributed by atoms with Crippen LogP contribution >= 0.6 is 0 Å². The van der Waals surface area contributed by atoms with Gasteiger partial charge in [0.25, 0.3) is 11.8 Å². The summed E-state index contributed by atoms with van der Waals surface area (Å²) in [5.74, 6) is -5.37. The van der Waals surface area contributed by atoms with E-state index >= 15 is 0 Å². The Bertz CT molecular complexity index is 1410. The van der Waals surface area contributed by atoms with E-state index in [0.29, 0.717) is 24.3 Å². The number of carbonyl (C=O) groups excluding carboxylic acids is 11. The Labute approximate surface area is 308 Å². The first kappa shape index (κ1) is 45.7. The van der Waals surface area contributed by atoms with Crippen molar-refractivity contribution in [1.29, 1.82) is 0 Å². The molecular formula is C35H53N7O11.